The molecule has 0 spiro atoms. The molecule has 0 bridgehead atoms. The van der Waals surface area contributed by atoms with Crippen LogP contribution >= 0.6 is 0 Å². The van der Waals surface area contributed by atoms with Gasteiger partial charge in [0.1, 0.15) is 5.75 Å². The highest BCUT2D eigenvalue weighted by atomic mass is 16.5. The number of aromatic amines is 1. The second kappa shape index (κ2) is 4.37. The van der Waals surface area contributed by atoms with E-state index in [4.69, 9.17) is 10.5 Å². The Hall–Kier alpha value is -2.17. The summed E-state index contributed by atoms with van der Waals surface area (Å²) in [6.45, 7) is 0. The van der Waals surface area contributed by atoms with E-state index < -0.39 is 0 Å². The van der Waals surface area contributed by atoms with Gasteiger partial charge in [-0.1, -0.05) is 0 Å². The SMILES string of the molecule is COC(=O)Cc1c[nH]c2ccc(OC)c(N)c12. The summed E-state index contributed by atoms with van der Waals surface area (Å²) in [5.41, 5.74) is 8.21. The van der Waals surface area contributed by atoms with E-state index in [2.05, 4.69) is 9.72 Å². The number of hydrogen-bond acceptors (Lipinski definition) is 4. The average Bonchev–Trinajstić information content (AvgIpc) is 2.73. The van der Waals surface area contributed by atoms with Gasteiger partial charge in [-0.2, -0.15) is 0 Å². The summed E-state index contributed by atoms with van der Waals surface area (Å²) in [4.78, 5) is 14.3. The van der Waals surface area contributed by atoms with Crippen molar-refractivity contribution in [3.05, 3.63) is 23.9 Å². The molecule has 2 aromatic rings. The third-order valence-electron chi connectivity index (χ3n) is 2.71. The molecule has 0 saturated heterocycles. The van der Waals surface area contributed by atoms with Crippen molar-refractivity contribution in [1.29, 1.82) is 0 Å². The Bertz CT molecular complexity index is 560. The number of nitrogens with one attached hydrogen (secondary N) is 1. The maximum Gasteiger partial charge on any atom is 0.310 e. The number of nitrogen functional groups attached to an aromatic ring is 1. The molecule has 0 amide bonds. The van der Waals surface area contributed by atoms with E-state index in [9.17, 15) is 4.79 Å². The van der Waals surface area contributed by atoms with E-state index in [-0.39, 0.29) is 12.4 Å². The number of H-pyrrole nitrogens is 1. The first-order chi connectivity index (χ1) is 8.17. The smallest absolute Gasteiger partial charge is 0.310 e. The minimum Gasteiger partial charge on any atom is -0.495 e. The van der Waals surface area contributed by atoms with E-state index in [1.54, 1.807) is 19.4 Å². The van der Waals surface area contributed by atoms with Crippen LogP contribution in [0.1, 0.15) is 5.56 Å². The molecule has 2 rings (SSSR count). The summed E-state index contributed by atoms with van der Waals surface area (Å²) in [5, 5.41) is 0.815. The van der Waals surface area contributed by atoms with E-state index in [1.807, 2.05) is 6.07 Å². The summed E-state index contributed by atoms with van der Waals surface area (Å²) in [6, 6.07) is 3.65. The van der Waals surface area contributed by atoms with Crippen molar-refractivity contribution in [2.24, 2.45) is 0 Å². The van der Waals surface area contributed by atoms with Crippen molar-refractivity contribution < 1.29 is 14.3 Å². The van der Waals surface area contributed by atoms with Crippen LogP contribution in [0.5, 0.6) is 5.75 Å². The van der Waals surface area contributed by atoms with Crippen molar-refractivity contribution in [3.8, 4) is 5.75 Å². The third-order valence-corrected chi connectivity index (χ3v) is 2.71. The molecular formula is C12H14N2O3. The number of aromatic nitrogens is 1. The van der Waals surface area contributed by atoms with Crippen molar-refractivity contribution in [2.45, 2.75) is 6.42 Å². The molecule has 0 aliphatic carbocycles. The zero-order valence-corrected chi connectivity index (χ0v) is 9.74. The number of carbonyl (C=O) groups is 1. The molecule has 0 aliphatic heterocycles. The van der Waals surface area contributed by atoms with E-state index in [1.165, 1.54) is 7.11 Å². The van der Waals surface area contributed by atoms with Crippen molar-refractivity contribution in [1.82, 2.24) is 4.98 Å². The standard InChI is InChI=1S/C12H14N2O3/c1-16-9-4-3-8-11(12(9)13)7(6-14-8)5-10(15)17-2/h3-4,6,14H,5,13H2,1-2H3. The van der Waals surface area contributed by atoms with Crippen LogP contribution < -0.4 is 10.5 Å². The lowest BCUT2D eigenvalue weighted by Gasteiger charge is -2.06. The molecule has 3 N–H and O–H groups in total. The Labute approximate surface area is 98.5 Å². The van der Waals surface area contributed by atoms with E-state index in [0.29, 0.717) is 11.4 Å². The van der Waals surface area contributed by atoms with Crippen LogP contribution in [-0.4, -0.2) is 25.2 Å². The van der Waals surface area contributed by atoms with Crippen LogP contribution in [0.15, 0.2) is 18.3 Å². The molecule has 1 heterocycles. The fourth-order valence-corrected chi connectivity index (χ4v) is 1.85. The highest BCUT2D eigenvalue weighted by Crippen LogP contribution is 2.32. The highest BCUT2D eigenvalue weighted by Gasteiger charge is 2.13. The minimum absolute atomic E-state index is 0.188. The van der Waals surface area contributed by atoms with Gasteiger partial charge in [0, 0.05) is 17.1 Å². The first kappa shape index (κ1) is 11.3. The fourth-order valence-electron chi connectivity index (χ4n) is 1.85. The van der Waals surface area contributed by atoms with Crippen molar-refractivity contribution in [3.63, 3.8) is 0 Å². The monoisotopic (exact) mass is 234 g/mol. The average molecular weight is 234 g/mol. The van der Waals surface area contributed by atoms with Gasteiger partial charge in [0.2, 0.25) is 0 Å². The lowest BCUT2D eigenvalue weighted by molar-refractivity contribution is -0.139. The maximum absolute atomic E-state index is 11.3. The van der Waals surface area contributed by atoms with Crippen LogP contribution in [0.3, 0.4) is 0 Å². The van der Waals surface area contributed by atoms with Gasteiger partial charge in [-0.05, 0) is 17.7 Å². The number of ether oxygens (including phenoxy) is 2. The predicted molar refractivity (Wildman–Crippen MR) is 65.0 cm³/mol. The molecule has 1 aromatic carbocycles. The number of hydrogen-bond donors (Lipinski definition) is 2. The largest absolute Gasteiger partial charge is 0.495 e. The van der Waals surface area contributed by atoms with Crippen LogP contribution in [0.2, 0.25) is 0 Å². The molecule has 0 aliphatic rings. The quantitative estimate of drug-likeness (QED) is 0.622. The molecule has 1 aromatic heterocycles. The number of nitrogens with two attached hydrogens (primary N) is 1. The minimum atomic E-state index is -0.298. The summed E-state index contributed by atoms with van der Waals surface area (Å²) in [6.07, 6.45) is 1.95. The first-order valence-corrected chi connectivity index (χ1v) is 5.16. The van der Waals surface area contributed by atoms with Gasteiger partial charge >= 0.3 is 5.97 Å². The number of esters is 1. The molecule has 17 heavy (non-hydrogen) atoms. The molecule has 0 unspecified atom stereocenters. The summed E-state index contributed by atoms with van der Waals surface area (Å²) < 4.78 is 9.80. The van der Waals surface area contributed by atoms with Gasteiger partial charge in [-0.15, -0.1) is 0 Å². The summed E-state index contributed by atoms with van der Waals surface area (Å²) in [7, 11) is 2.92. The number of fused-ring (bicyclic) bond motifs is 1. The number of rotatable bonds is 3. The van der Waals surface area contributed by atoms with Gasteiger partial charge in [0.25, 0.3) is 0 Å². The molecule has 0 radical (unpaired) electrons. The zero-order valence-electron chi connectivity index (χ0n) is 9.74. The summed E-state index contributed by atoms with van der Waals surface area (Å²) >= 11 is 0. The Morgan fingerprint density at radius 2 is 2.18 bits per heavy atom. The zero-order chi connectivity index (χ0) is 12.4. The number of anilines is 1. The van der Waals surface area contributed by atoms with E-state index >= 15 is 0 Å². The highest BCUT2D eigenvalue weighted by molar-refractivity contribution is 5.98. The molecular weight excluding hydrogens is 220 g/mol. The second-order valence-corrected chi connectivity index (χ2v) is 3.67. The molecule has 0 atom stereocenters. The van der Waals surface area contributed by atoms with Gasteiger partial charge < -0.3 is 20.2 Å². The van der Waals surface area contributed by atoms with Gasteiger partial charge in [-0.25, -0.2) is 0 Å². The van der Waals surface area contributed by atoms with Crippen molar-refractivity contribution in [2.75, 3.05) is 20.0 Å². The molecule has 5 nitrogen and oxygen atoms in total. The number of benzene rings is 1. The van der Waals surface area contributed by atoms with Crippen LogP contribution in [0.25, 0.3) is 10.9 Å². The number of methoxy groups -OCH3 is 2. The predicted octanol–water partition coefficient (Wildman–Crippen LogP) is 1.47. The van der Waals surface area contributed by atoms with Crippen LogP contribution in [0.4, 0.5) is 5.69 Å². The van der Waals surface area contributed by atoms with Crippen LogP contribution in [-0.2, 0) is 16.0 Å². The molecule has 0 saturated carbocycles. The molecule has 0 fully saturated rings. The third kappa shape index (κ3) is 1.91. The lowest BCUT2D eigenvalue weighted by Crippen LogP contribution is -2.04. The number of carbonyl (C=O) groups excluding carboxylic acids is 1. The second-order valence-electron chi connectivity index (χ2n) is 3.67. The molecule has 5 heteroatoms. The maximum atomic E-state index is 11.3. The van der Waals surface area contributed by atoms with Crippen molar-refractivity contribution >= 4 is 22.6 Å². The van der Waals surface area contributed by atoms with Gasteiger partial charge in [0.05, 0.1) is 26.3 Å². The molecule has 90 valence electrons. The lowest BCUT2D eigenvalue weighted by atomic mass is 10.1. The Morgan fingerprint density at radius 1 is 1.41 bits per heavy atom. The fraction of sp³-hybridized carbons (Fsp3) is 0.250. The Kier molecular flexibility index (Phi) is 2.91. The summed E-state index contributed by atoms with van der Waals surface area (Å²) in [5.74, 6) is 0.302. The van der Waals surface area contributed by atoms with Gasteiger partial charge in [-0.3, -0.25) is 4.79 Å². The normalized spacial score (nSPS) is 10.5. The van der Waals surface area contributed by atoms with Crippen LogP contribution in [0, 0.1) is 0 Å². The topological polar surface area (TPSA) is 77.3 Å². The van der Waals surface area contributed by atoms with E-state index in [0.717, 1.165) is 16.5 Å². The Balaban J connectivity index is 2.53. The van der Waals surface area contributed by atoms with Gasteiger partial charge in [0.15, 0.2) is 0 Å². The first-order valence-electron chi connectivity index (χ1n) is 5.16. The Morgan fingerprint density at radius 3 is 2.82 bits per heavy atom.